The van der Waals surface area contributed by atoms with Gasteiger partial charge in [-0.3, -0.25) is 4.79 Å². The molecule has 0 aliphatic rings. The van der Waals surface area contributed by atoms with Crippen LogP contribution in [0.25, 0.3) is 0 Å². The maximum Gasteiger partial charge on any atom is 0.276 e. The van der Waals surface area contributed by atoms with Crippen molar-refractivity contribution in [2.45, 2.75) is 19.8 Å². The zero-order valence-corrected chi connectivity index (χ0v) is 9.26. The molecule has 0 bridgehead atoms. The van der Waals surface area contributed by atoms with Crippen LogP contribution in [0.4, 0.5) is 0 Å². The highest BCUT2D eigenvalue weighted by Crippen LogP contribution is 2.10. The molecule has 4 nitrogen and oxygen atoms in total. The van der Waals surface area contributed by atoms with Gasteiger partial charge in [-0.15, -0.1) is 0 Å². The van der Waals surface area contributed by atoms with Gasteiger partial charge in [-0.05, 0) is 12.0 Å². The van der Waals surface area contributed by atoms with Crippen LogP contribution in [0.15, 0.2) is 10.9 Å². The van der Waals surface area contributed by atoms with Crippen molar-refractivity contribution in [3.05, 3.63) is 27.7 Å². The molecule has 0 amide bonds. The summed E-state index contributed by atoms with van der Waals surface area (Å²) in [5.74, 6) is 0.245. The fourth-order valence-electron chi connectivity index (χ4n) is 1.09. The maximum atomic E-state index is 11.5. The summed E-state index contributed by atoms with van der Waals surface area (Å²) in [5.41, 5.74) is 6.37. The Hall–Kier alpha value is -1.23. The molecule has 0 unspecified atom stereocenters. The summed E-state index contributed by atoms with van der Waals surface area (Å²) in [6.45, 7) is 3.99. The summed E-state index contributed by atoms with van der Waals surface area (Å²) in [7, 11) is 1.59. The van der Waals surface area contributed by atoms with Gasteiger partial charge in [0.15, 0.2) is 0 Å². The largest absolute Gasteiger partial charge is 0.389 e. The minimum atomic E-state index is -0.248. The van der Waals surface area contributed by atoms with Crippen LogP contribution < -0.4 is 11.3 Å². The van der Waals surface area contributed by atoms with Gasteiger partial charge in [0.25, 0.3) is 5.56 Å². The molecule has 76 valence electrons. The van der Waals surface area contributed by atoms with Crippen molar-refractivity contribution in [3.63, 3.8) is 0 Å². The molecule has 5 heteroatoms. The van der Waals surface area contributed by atoms with E-state index in [1.165, 1.54) is 4.68 Å². The first-order chi connectivity index (χ1) is 6.43. The SMILES string of the molecule is CC(C)c1cc(C(N)=S)c(=O)n(C)n1. The van der Waals surface area contributed by atoms with Crippen molar-refractivity contribution in [2.75, 3.05) is 0 Å². The zero-order valence-electron chi connectivity index (χ0n) is 8.44. The van der Waals surface area contributed by atoms with E-state index in [2.05, 4.69) is 5.10 Å². The van der Waals surface area contributed by atoms with Crippen molar-refractivity contribution in [1.29, 1.82) is 0 Å². The van der Waals surface area contributed by atoms with Crippen LogP contribution >= 0.6 is 12.2 Å². The number of hydrogen-bond donors (Lipinski definition) is 1. The molecule has 0 aliphatic carbocycles. The average molecular weight is 211 g/mol. The first-order valence-electron chi connectivity index (χ1n) is 4.31. The summed E-state index contributed by atoms with van der Waals surface area (Å²) >= 11 is 4.79. The van der Waals surface area contributed by atoms with Gasteiger partial charge in [0.1, 0.15) is 4.99 Å². The van der Waals surface area contributed by atoms with Crippen LogP contribution in [0, 0.1) is 0 Å². The molecule has 14 heavy (non-hydrogen) atoms. The van der Waals surface area contributed by atoms with Gasteiger partial charge in [-0.2, -0.15) is 5.10 Å². The van der Waals surface area contributed by atoms with Gasteiger partial charge in [0, 0.05) is 7.05 Å². The van der Waals surface area contributed by atoms with E-state index in [0.29, 0.717) is 5.56 Å². The second-order valence-electron chi connectivity index (χ2n) is 3.43. The normalized spacial score (nSPS) is 10.6. The summed E-state index contributed by atoms with van der Waals surface area (Å²) in [5, 5.41) is 4.10. The van der Waals surface area contributed by atoms with Crippen LogP contribution in [-0.2, 0) is 7.05 Å². The number of hydrogen-bond acceptors (Lipinski definition) is 3. The lowest BCUT2D eigenvalue weighted by molar-refractivity contribution is 0.651. The molecule has 1 heterocycles. The number of nitrogens with two attached hydrogens (primary N) is 1. The smallest absolute Gasteiger partial charge is 0.276 e. The van der Waals surface area contributed by atoms with E-state index in [1.807, 2.05) is 13.8 Å². The third-order valence-corrected chi connectivity index (χ3v) is 2.16. The second-order valence-corrected chi connectivity index (χ2v) is 3.87. The molecule has 0 saturated heterocycles. The topological polar surface area (TPSA) is 60.9 Å². The van der Waals surface area contributed by atoms with Gasteiger partial charge >= 0.3 is 0 Å². The van der Waals surface area contributed by atoms with Gasteiger partial charge in [-0.25, -0.2) is 4.68 Å². The van der Waals surface area contributed by atoms with Crippen molar-refractivity contribution in [3.8, 4) is 0 Å². The lowest BCUT2D eigenvalue weighted by Crippen LogP contribution is -2.30. The molecule has 0 radical (unpaired) electrons. The lowest BCUT2D eigenvalue weighted by Gasteiger charge is -2.08. The Kier molecular flexibility index (Phi) is 3.00. The molecule has 0 atom stereocenters. The van der Waals surface area contributed by atoms with Gasteiger partial charge in [-0.1, -0.05) is 26.1 Å². The maximum absolute atomic E-state index is 11.5. The van der Waals surface area contributed by atoms with E-state index in [0.717, 1.165) is 5.69 Å². The van der Waals surface area contributed by atoms with E-state index in [1.54, 1.807) is 13.1 Å². The molecule has 0 aromatic carbocycles. The Morgan fingerprint density at radius 2 is 2.21 bits per heavy atom. The number of rotatable bonds is 2. The number of thiocarbonyl (C=S) groups is 1. The molecule has 1 rings (SSSR count). The van der Waals surface area contributed by atoms with Crippen molar-refractivity contribution in [1.82, 2.24) is 9.78 Å². The fraction of sp³-hybridized carbons (Fsp3) is 0.444. The van der Waals surface area contributed by atoms with E-state index in [4.69, 9.17) is 18.0 Å². The molecular formula is C9H13N3OS. The van der Waals surface area contributed by atoms with E-state index in [-0.39, 0.29) is 16.5 Å². The third-order valence-electron chi connectivity index (χ3n) is 1.94. The number of aromatic nitrogens is 2. The summed E-state index contributed by atoms with van der Waals surface area (Å²) < 4.78 is 1.27. The Labute approximate surface area is 87.7 Å². The van der Waals surface area contributed by atoms with Crippen LogP contribution in [0.2, 0.25) is 0 Å². The van der Waals surface area contributed by atoms with Gasteiger partial charge < -0.3 is 5.73 Å². The van der Waals surface area contributed by atoms with Crippen LogP contribution in [-0.4, -0.2) is 14.8 Å². The fourth-order valence-corrected chi connectivity index (χ4v) is 1.24. The van der Waals surface area contributed by atoms with E-state index < -0.39 is 0 Å². The molecule has 0 spiro atoms. The highest BCUT2D eigenvalue weighted by Gasteiger charge is 2.10. The molecule has 0 aliphatic heterocycles. The second kappa shape index (κ2) is 3.88. The number of aryl methyl sites for hydroxylation is 1. The standard InChI is InChI=1S/C9H13N3OS/c1-5(2)7-4-6(8(10)14)9(13)12(3)11-7/h4-5H,1-3H3,(H2,10,14). The van der Waals surface area contributed by atoms with Crippen LogP contribution in [0.3, 0.4) is 0 Å². The molecular weight excluding hydrogens is 198 g/mol. The molecule has 1 aromatic rings. The monoisotopic (exact) mass is 211 g/mol. The molecule has 2 N–H and O–H groups in total. The Morgan fingerprint density at radius 1 is 1.64 bits per heavy atom. The Balaban J connectivity index is 3.43. The van der Waals surface area contributed by atoms with Crippen LogP contribution in [0.1, 0.15) is 31.0 Å². The summed E-state index contributed by atoms with van der Waals surface area (Å²) in [4.78, 5) is 11.6. The van der Waals surface area contributed by atoms with Crippen molar-refractivity contribution in [2.24, 2.45) is 12.8 Å². The first kappa shape index (κ1) is 10.8. The van der Waals surface area contributed by atoms with Gasteiger partial charge in [0.05, 0.1) is 11.3 Å². The lowest BCUT2D eigenvalue weighted by atomic mass is 10.1. The average Bonchev–Trinajstić information content (AvgIpc) is 2.08. The molecule has 0 fully saturated rings. The van der Waals surface area contributed by atoms with Crippen LogP contribution in [0.5, 0.6) is 0 Å². The highest BCUT2D eigenvalue weighted by molar-refractivity contribution is 7.80. The van der Waals surface area contributed by atoms with Crippen molar-refractivity contribution >= 4 is 17.2 Å². The number of nitrogens with zero attached hydrogens (tertiary/aromatic N) is 2. The summed E-state index contributed by atoms with van der Waals surface area (Å²) in [6, 6.07) is 1.66. The quantitative estimate of drug-likeness (QED) is 0.725. The van der Waals surface area contributed by atoms with E-state index >= 15 is 0 Å². The third kappa shape index (κ3) is 1.98. The van der Waals surface area contributed by atoms with E-state index in [9.17, 15) is 4.79 Å². The minimum absolute atomic E-state index is 0.120. The predicted octanol–water partition coefficient (Wildman–Crippen LogP) is 0.538. The zero-order chi connectivity index (χ0) is 10.9. The highest BCUT2D eigenvalue weighted by atomic mass is 32.1. The molecule has 1 aromatic heterocycles. The van der Waals surface area contributed by atoms with Crippen molar-refractivity contribution < 1.29 is 0 Å². The first-order valence-corrected chi connectivity index (χ1v) is 4.72. The Morgan fingerprint density at radius 3 is 2.64 bits per heavy atom. The molecule has 0 saturated carbocycles. The summed E-state index contributed by atoms with van der Waals surface area (Å²) in [6.07, 6.45) is 0. The predicted molar refractivity (Wildman–Crippen MR) is 59.5 cm³/mol. The minimum Gasteiger partial charge on any atom is -0.389 e. The Bertz CT molecular complexity index is 423. The van der Waals surface area contributed by atoms with Gasteiger partial charge in [0.2, 0.25) is 0 Å².